The van der Waals surface area contributed by atoms with Gasteiger partial charge in [-0.2, -0.15) is 5.26 Å². The van der Waals surface area contributed by atoms with Gasteiger partial charge in [0.25, 0.3) is 5.91 Å². The first kappa shape index (κ1) is 15.9. The Kier molecular flexibility index (Phi) is 5.91. The molecule has 0 bridgehead atoms. The first-order valence-electron chi connectivity index (χ1n) is 6.44. The summed E-state index contributed by atoms with van der Waals surface area (Å²) >= 11 is 0. The van der Waals surface area contributed by atoms with Crippen molar-refractivity contribution in [1.29, 1.82) is 5.26 Å². The van der Waals surface area contributed by atoms with Gasteiger partial charge >= 0.3 is 0 Å². The fourth-order valence-corrected chi connectivity index (χ4v) is 1.81. The van der Waals surface area contributed by atoms with E-state index in [9.17, 15) is 13.6 Å². The molecule has 1 rings (SSSR count). The van der Waals surface area contributed by atoms with Gasteiger partial charge in [0.15, 0.2) is 0 Å². The number of rotatable bonds is 6. The molecule has 0 aliphatic heterocycles. The van der Waals surface area contributed by atoms with Crippen LogP contribution in [0.5, 0.6) is 0 Å². The third kappa shape index (κ3) is 3.67. The number of nitriles is 1. The number of hydrogen-bond acceptors (Lipinski definition) is 3. The van der Waals surface area contributed by atoms with Crippen molar-refractivity contribution in [2.45, 2.75) is 20.3 Å². The van der Waals surface area contributed by atoms with Crippen LogP contribution >= 0.6 is 0 Å². The summed E-state index contributed by atoms with van der Waals surface area (Å²) in [6.07, 6.45) is 0.181. The fraction of sp³-hybridized carbons (Fsp3) is 0.429. The highest BCUT2D eigenvalue weighted by atomic mass is 19.1. The van der Waals surface area contributed by atoms with Gasteiger partial charge in [-0.25, -0.2) is 8.78 Å². The maximum atomic E-state index is 13.8. The van der Waals surface area contributed by atoms with Gasteiger partial charge in [0.2, 0.25) is 0 Å². The van der Waals surface area contributed by atoms with Crippen LogP contribution in [0.25, 0.3) is 0 Å². The van der Waals surface area contributed by atoms with Crippen molar-refractivity contribution in [2.75, 3.05) is 25.0 Å². The summed E-state index contributed by atoms with van der Waals surface area (Å²) in [6, 6.07) is 3.96. The van der Waals surface area contributed by atoms with E-state index < -0.39 is 17.5 Å². The summed E-state index contributed by atoms with van der Waals surface area (Å²) in [4.78, 5) is 13.5. The van der Waals surface area contributed by atoms with Crippen molar-refractivity contribution in [3.63, 3.8) is 0 Å². The van der Waals surface area contributed by atoms with Crippen molar-refractivity contribution in [2.24, 2.45) is 0 Å². The Labute approximate surface area is 117 Å². The minimum atomic E-state index is -0.800. The molecule has 6 heteroatoms. The molecule has 0 saturated carbocycles. The molecule has 1 aromatic carbocycles. The number of halogens is 2. The van der Waals surface area contributed by atoms with E-state index in [1.165, 1.54) is 4.90 Å². The van der Waals surface area contributed by atoms with Gasteiger partial charge in [-0.1, -0.05) is 0 Å². The molecular formula is C14H17F2N3O. The lowest BCUT2D eigenvalue weighted by Crippen LogP contribution is -2.31. The summed E-state index contributed by atoms with van der Waals surface area (Å²) < 4.78 is 27.5. The molecule has 0 fully saturated rings. The van der Waals surface area contributed by atoms with Crippen LogP contribution in [-0.4, -0.2) is 30.4 Å². The minimum absolute atomic E-state index is 0.0542. The number of carbonyl (C=O) groups is 1. The van der Waals surface area contributed by atoms with Gasteiger partial charge in [0.05, 0.1) is 12.5 Å². The van der Waals surface area contributed by atoms with E-state index in [1.807, 2.05) is 6.07 Å². The molecule has 0 aliphatic rings. The Hall–Kier alpha value is -2.16. The Balaban J connectivity index is 3.02. The second kappa shape index (κ2) is 7.43. The standard InChI is InChI=1S/C14H17F2N3O/c1-3-18-13-11(15)8-10(9-12(13)16)14(20)19(4-2)7-5-6-17/h8-9,18H,3-5,7H2,1-2H3. The van der Waals surface area contributed by atoms with E-state index in [1.54, 1.807) is 13.8 Å². The highest BCUT2D eigenvalue weighted by molar-refractivity contribution is 5.94. The van der Waals surface area contributed by atoms with Gasteiger partial charge < -0.3 is 10.2 Å². The second-order valence-electron chi connectivity index (χ2n) is 4.14. The van der Waals surface area contributed by atoms with E-state index in [2.05, 4.69) is 5.32 Å². The molecule has 1 amide bonds. The average molecular weight is 281 g/mol. The summed E-state index contributed by atoms with van der Waals surface area (Å²) in [5.74, 6) is -2.08. The highest BCUT2D eigenvalue weighted by Crippen LogP contribution is 2.21. The zero-order valence-corrected chi connectivity index (χ0v) is 11.5. The lowest BCUT2D eigenvalue weighted by Gasteiger charge is -2.20. The Morgan fingerprint density at radius 3 is 2.40 bits per heavy atom. The molecule has 20 heavy (non-hydrogen) atoms. The molecule has 108 valence electrons. The molecule has 0 aliphatic carbocycles. The maximum absolute atomic E-state index is 13.8. The molecule has 0 aromatic heterocycles. The summed E-state index contributed by atoms with van der Waals surface area (Å²) in [5.41, 5.74) is -0.287. The number of benzene rings is 1. The molecule has 0 atom stereocenters. The molecule has 0 saturated heterocycles. The number of carbonyl (C=O) groups excluding carboxylic acids is 1. The monoisotopic (exact) mass is 281 g/mol. The van der Waals surface area contributed by atoms with E-state index in [0.29, 0.717) is 13.1 Å². The topological polar surface area (TPSA) is 56.1 Å². The molecule has 4 nitrogen and oxygen atoms in total. The first-order chi connectivity index (χ1) is 9.54. The lowest BCUT2D eigenvalue weighted by atomic mass is 10.1. The number of hydrogen-bond donors (Lipinski definition) is 1. The van der Waals surface area contributed by atoms with Crippen molar-refractivity contribution in [3.8, 4) is 6.07 Å². The largest absolute Gasteiger partial charge is 0.381 e. The Morgan fingerprint density at radius 2 is 1.95 bits per heavy atom. The SMILES string of the molecule is CCNc1c(F)cc(C(=O)N(CC)CCC#N)cc1F. The maximum Gasteiger partial charge on any atom is 0.254 e. The van der Waals surface area contributed by atoms with Gasteiger partial charge in [-0.15, -0.1) is 0 Å². The van der Waals surface area contributed by atoms with Crippen LogP contribution in [0.4, 0.5) is 14.5 Å². The summed E-state index contributed by atoms with van der Waals surface area (Å²) in [5, 5.41) is 11.1. The van der Waals surface area contributed by atoms with Gasteiger partial charge in [-0.05, 0) is 26.0 Å². The third-order valence-corrected chi connectivity index (χ3v) is 2.81. The molecule has 1 aromatic rings. The zero-order chi connectivity index (χ0) is 15.1. The molecule has 0 heterocycles. The summed E-state index contributed by atoms with van der Waals surface area (Å²) in [6.45, 7) is 4.46. The molecule has 1 N–H and O–H groups in total. The van der Waals surface area contributed by atoms with E-state index in [4.69, 9.17) is 5.26 Å². The molecular weight excluding hydrogens is 264 g/mol. The number of amides is 1. The van der Waals surface area contributed by atoms with Crippen molar-refractivity contribution < 1.29 is 13.6 Å². The first-order valence-corrected chi connectivity index (χ1v) is 6.44. The third-order valence-electron chi connectivity index (χ3n) is 2.81. The molecule has 0 radical (unpaired) electrons. The van der Waals surface area contributed by atoms with Crippen LogP contribution < -0.4 is 5.32 Å². The normalized spacial score (nSPS) is 9.95. The zero-order valence-electron chi connectivity index (χ0n) is 11.5. The fourth-order valence-electron chi connectivity index (χ4n) is 1.81. The lowest BCUT2D eigenvalue weighted by molar-refractivity contribution is 0.0767. The number of anilines is 1. The van der Waals surface area contributed by atoms with Crippen LogP contribution in [0.15, 0.2) is 12.1 Å². The molecule has 0 unspecified atom stereocenters. The predicted molar refractivity (Wildman–Crippen MR) is 72.3 cm³/mol. The number of nitrogens with zero attached hydrogens (tertiary/aromatic N) is 2. The highest BCUT2D eigenvalue weighted by Gasteiger charge is 2.18. The molecule has 0 spiro atoms. The minimum Gasteiger partial charge on any atom is -0.381 e. The van der Waals surface area contributed by atoms with Crippen LogP contribution in [-0.2, 0) is 0 Å². The second-order valence-corrected chi connectivity index (χ2v) is 4.14. The van der Waals surface area contributed by atoms with Gasteiger partial charge in [-0.3, -0.25) is 4.79 Å². The average Bonchev–Trinajstić information content (AvgIpc) is 2.43. The van der Waals surface area contributed by atoms with Crippen LogP contribution in [0.1, 0.15) is 30.6 Å². The quantitative estimate of drug-likeness (QED) is 0.872. The van der Waals surface area contributed by atoms with Crippen LogP contribution in [0, 0.1) is 23.0 Å². The Morgan fingerprint density at radius 1 is 1.35 bits per heavy atom. The van der Waals surface area contributed by atoms with Crippen molar-refractivity contribution in [1.82, 2.24) is 4.90 Å². The van der Waals surface area contributed by atoms with Crippen molar-refractivity contribution >= 4 is 11.6 Å². The van der Waals surface area contributed by atoms with Crippen molar-refractivity contribution in [3.05, 3.63) is 29.3 Å². The van der Waals surface area contributed by atoms with Crippen LogP contribution in [0.2, 0.25) is 0 Å². The summed E-state index contributed by atoms with van der Waals surface area (Å²) in [7, 11) is 0. The Bertz CT molecular complexity index is 503. The van der Waals surface area contributed by atoms with E-state index in [0.717, 1.165) is 12.1 Å². The van der Waals surface area contributed by atoms with E-state index >= 15 is 0 Å². The number of nitrogens with one attached hydrogen (secondary N) is 1. The van der Waals surface area contributed by atoms with Crippen LogP contribution in [0.3, 0.4) is 0 Å². The predicted octanol–water partition coefficient (Wildman–Crippen LogP) is 2.77. The smallest absolute Gasteiger partial charge is 0.254 e. The van der Waals surface area contributed by atoms with Gasteiger partial charge in [0.1, 0.15) is 17.3 Å². The van der Waals surface area contributed by atoms with Gasteiger partial charge in [0, 0.05) is 25.2 Å². The van der Waals surface area contributed by atoms with E-state index in [-0.39, 0.29) is 24.2 Å².